The number of fused-ring (bicyclic) bond motifs is 3. The number of aromatic nitrogens is 1. The van der Waals surface area contributed by atoms with Gasteiger partial charge in [-0.05, 0) is 37.8 Å². The average Bonchev–Trinajstić information content (AvgIpc) is 3.43. The number of anilines is 1. The fraction of sp³-hybridized carbons (Fsp3) is 0.462. The molecule has 3 heterocycles. The lowest BCUT2D eigenvalue weighted by Crippen LogP contribution is -2.65. The van der Waals surface area contributed by atoms with Gasteiger partial charge in [-0.3, -0.25) is 14.5 Å². The summed E-state index contributed by atoms with van der Waals surface area (Å²) in [6.45, 7) is 4.32. The molecule has 3 unspecified atom stereocenters. The lowest BCUT2D eigenvalue weighted by molar-refractivity contribution is -0.127. The Morgan fingerprint density at radius 2 is 1.88 bits per heavy atom. The number of amides is 2. The van der Waals surface area contributed by atoms with Crippen molar-refractivity contribution in [2.45, 2.75) is 57.7 Å². The Balaban J connectivity index is 1.61. The van der Waals surface area contributed by atoms with Gasteiger partial charge in [-0.2, -0.15) is 0 Å². The van der Waals surface area contributed by atoms with E-state index in [1.165, 1.54) is 6.42 Å². The van der Waals surface area contributed by atoms with Crippen molar-refractivity contribution in [1.29, 1.82) is 0 Å². The van der Waals surface area contributed by atoms with Crippen LogP contribution in [-0.2, 0) is 11.3 Å². The maximum atomic E-state index is 13.9. The molecule has 0 spiro atoms. The van der Waals surface area contributed by atoms with Crippen molar-refractivity contribution in [3.05, 3.63) is 42.3 Å². The quantitative estimate of drug-likeness (QED) is 0.605. The van der Waals surface area contributed by atoms with Crippen molar-refractivity contribution in [1.82, 2.24) is 9.88 Å². The topological polar surface area (TPSA) is 85.9 Å². The zero-order valence-corrected chi connectivity index (χ0v) is 20.1. The van der Waals surface area contributed by atoms with Crippen LogP contribution in [0, 0.1) is 5.92 Å². The zero-order valence-electron chi connectivity index (χ0n) is 20.1. The Morgan fingerprint density at radius 3 is 2.62 bits per heavy atom. The Morgan fingerprint density at radius 1 is 1.12 bits per heavy atom. The number of rotatable bonds is 5. The van der Waals surface area contributed by atoms with Gasteiger partial charge in [0.05, 0.1) is 32.5 Å². The number of carbonyl (C=O) groups is 2. The van der Waals surface area contributed by atoms with Gasteiger partial charge in [0, 0.05) is 29.9 Å². The number of benzene rings is 1. The lowest BCUT2D eigenvalue weighted by atomic mass is 9.84. The molecule has 34 heavy (non-hydrogen) atoms. The van der Waals surface area contributed by atoms with Gasteiger partial charge >= 0.3 is 0 Å². The second-order valence-electron chi connectivity index (χ2n) is 9.58. The molecule has 3 atom stereocenters. The summed E-state index contributed by atoms with van der Waals surface area (Å²) in [6, 6.07) is 8.96. The van der Waals surface area contributed by atoms with E-state index in [1.807, 2.05) is 17.6 Å². The van der Waals surface area contributed by atoms with E-state index in [-0.39, 0.29) is 17.9 Å². The van der Waals surface area contributed by atoms with Crippen molar-refractivity contribution in [3.63, 3.8) is 0 Å². The van der Waals surface area contributed by atoms with Gasteiger partial charge in [-0.25, -0.2) is 0 Å². The monoisotopic (exact) mass is 465 g/mol. The SMILES string of the molecule is COc1ccc(N2C(=O)c3cc4occc4n3CC2(C)C(=O)NC2CCCCC2C)cc1OC. The third-order valence-electron chi connectivity index (χ3n) is 7.45. The lowest BCUT2D eigenvalue weighted by Gasteiger charge is -2.45. The van der Waals surface area contributed by atoms with Crippen LogP contribution in [0.25, 0.3) is 11.1 Å². The molecule has 0 saturated heterocycles. The summed E-state index contributed by atoms with van der Waals surface area (Å²) in [7, 11) is 3.11. The Labute approximate surface area is 198 Å². The van der Waals surface area contributed by atoms with E-state index in [4.69, 9.17) is 13.9 Å². The first-order chi connectivity index (χ1) is 16.4. The number of nitrogens with zero attached hydrogens (tertiary/aromatic N) is 2. The fourth-order valence-corrected chi connectivity index (χ4v) is 5.44. The van der Waals surface area contributed by atoms with E-state index in [2.05, 4.69) is 12.2 Å². The van der Waals surface area contributed by atoms with Crippen LogP contribution < -0.4 is 19.7 Å². The summed E-state index contributed by atoms with van der Waals surface area (Å²) in [6.07, 6.45) is 5.93. The summed E-state index contributed by atoms with van der Waals surface area (Å²) >= 11 is 0. The average molecular weight is 466 g/mol. The van der Waals surface area contributed by atoms with Crippen LogP contribution in [0.15, 0.2) is 41.0 Å². The standard InChI is InChI=1S/C26H31N3O5/c1-16-7-5-6-8-18(16)27-25(31)26(2)15-28-19-11-12-34-22(19)14-20(28)24(30)29(26)17-9-10-21(32-3)23(13-17)33-4/h9-14,16,18H,5-8,15H2,1-4H3,(H,27,31). The number of nitrogens with one attached hydrogen (secondary N) is 1. The van der Waals surface area contributed by atoms with Crippen molar-refractivity contribution < 1.29 is 23.5 Å². The zero-order chi connectivity index (χ0) is 24.0. The van der Waals surface area contributed by atoms with E-state index in [0.717, 1.165) is 24.8 Å². The first-order valence-corrected chi connectivity index (χ1v) is 11.8. The first-order valence-electron chi connectivity index (χ1n) is 11.8. The molecule has 1 aliphatic heterocycles. The number of carbonyl (C=O) groups excluding carboxylic acids is 2. The summed E-state index contributed by atoms with van der Waals surface area (Å²) < 4.78 is 18.3. The molecule has 3 aromatic rings. The van der Waals surface area contributed by atoms with E-state index in [0.29, 0.717) is 40.9 Å². The fourth-order valence-electron chi connectivity index (χ4n) is 5.44. The van der Waals surface area contributed by atoms with Gasteiger partial charge in [0.25, 0.3) is 5.91 Å². The summed E-state index contributed by atoms with van der Waals surface area (Å²) in [5.74, 6) is 1.02. The molecule has 8 nitrogen and oxygen atoms in total. The normalized spacial score (nSPS) is 24.7. The number of hydrogen-bond donors (Lipinski definition) is 1. The van der Waals surface area contributed by atoms with E-state index >= 15 is 0 Å². The molecule has 1 fully saturated rings. The minimum Gasteiger partial charge on any atom is -0.493 e. The van der Waals surface area contributed by atoms with Gasteiger partial charge in [0.15, 0.2) is 17.1 Å². The van der Waals surface area contributed by atoms with Gasteiger partial charge in [0.1, 0.15) is 11.2 Å². The minimum absolute atomic E-state index is 0.0976. The number of hydrogen-bond acceptors (Lipinski definition) is 5. The van der Waals surface area contributed by atoms with Crippen LogP contribution >= 0.6 is 0 Å². The molecule has 1 aromatic carbocycles. The highest BCUT2D eigenvalue weighted by Gasteiger charge is 2.49. The molecular weight excluding hydrogens is 434 g/mol. The largest absolute Gasteiger partial charge is 0.493 e. The highest BCUT2D eigenvalue weighted by Crippen LogP contribution is 2.40. The van der Waals surface area contributed by atoms with Crippen LogP contribution in [0.4, 0.5) is 5.69 Å². The van der Waals surface area contributed by atoms with Crippen LogP contribution in [0.1, 0.15) is 50.0 Å². The molecular formula is C26H31N3O5. The Bertz CT molecular complexity index is 1240. The summed E-state index contributed by atoms with van der Waals surface area (Å²) in [4.78, 5) is 29.5. The van der Waals surface area contributed by atoms with Crippen LogP contribution in [0.2, 0.25) is 0 Å². The van der Waals surface area contributed by atoms with E-state index < -0.39 is 5.54 Å². The molecule has 1 N–H and O–H groups in total. The Kier molecular flexibility index (Phi) is 5.54. The van der Waals surface area contributed by atoms with Gasteiger partial charge in [-0.1, -0.05) is 19.8 Å². The molecule has 2 amide bonds. The van der Waals surface area contributed by atoms with E-state index in [1.54, 1.807) is 49.6 Å². The highest BCUT2D eigenvalue weighted by molar-refractivity contribution is 6.13. The number of methoxy groups -OCH3 is 2. The molecule has 2 aliphatic rings. The van der Waals surface area contributed by atoms with Crippen LogP contribution in [0.3, 0.4) is 0 Å². The molecule has 5 rings (SSSR count). The maximum absolute atomic E-state index is 13.9. The first kappa shape index (κ1) is 22.4. The van der Waals surface area contributed by atoms with Crippen LogP contribution in [-0.4, -0.2) is 42.2 Å². The molecule has 0 radical (unpaired) electrons. The highest BCUT2D eigenvalue weighted by atomic mass is 16.5. The van der Waals surface area contributed by atoms with Crippen molar-refractivity contribution >= 4 is 28.6 Å². The number of furan rings is 1. The second kappa shape index (κ2) is 8.42. The third kappa shape index (κ3) is 3.43. The molecule has 1 saturated carbocycles. The van der Waals surface area contributed by atoms with Crippen molar-refractivity contribution in [2.24, 2.45) is 5.92 Å². The number of ether oxygens (including phenoxy) is 2. The maximum Gasteiger partial charge on any atom is 0.276 e. The minimum atomic E-state index is -1.16. The van der Waals surface area contributed by atoms with Crippen molar-refractivity contribution in [2.75, 3.05) is 19.1 Å². The molecule has 180 valence electrons. The predicted molar refractivity (Wildman–Crippen MR) is 129 cm³/mol. The summed E-state index contributed by atoms with van der Waals surface area (Å²) in [5, 5.41) is 3.29. The predicted octanol–water partition coefficient (Wildman–Crippen LogP) is 4.37. The molecule has 1 aliphatic carbocycles. The summed E-state index contributed by atoms with van der Waals surface area (Å²) in [5.41, 5.74) is 1.33. The third-order valence-corrected chi connectivity index (χ3v) is 7.45. The van der Waals surface area contributed by atoms with Crippen LogP contribution in [0.5, 0.6) is 11.5 Å². The molecule has 0 bridgehead atoms. The van der Waals surface area contributed by atoms with Gasteiger partial charge < -0.3 is 23.8 Å². The Hall–Kier alpha value is -3.42. The molecule has 8 heteroatoms. The van der Waals surface area contributed by atoms with Gasteiger partial charge in [0.2, 0.25) is 5.91 Å². The van der Waals surface area contributed by atoms with Crippen molar-refractivity contribution in [3.8, 4) is 11.5 Å². The van der Waals surface area contributed by atoms with E-state index in [9.17, 15) is 9.59 Å². The molecule has 2 aromatic heterocycles. The smallest absolute Gasteiger partial charge is 0.276 e. The van der Waals surface area contributed by atoms with Gasteiger partial charge in [-0.15, -0.1) is 0 Å². The second-order valence-corrected chi connectivity index (χ2v) is 9.58.